The zero-order valence-corrected chi connectivity index (χ0v) is 12.1. The van der Waals surface area contributed by atoms with E-state index < -0.39 is 0 Å². The van der Waals surface area contributed by atoms with Gasteiger partial charge in [-0.3, -0.25) is 0 Å². The first-order valence-electron chi connectivity index (χ1n) is 6.63. The molecule has 0 amide bonds. The number of ether oxygens (including phenoxy) is 1. The summed E-state index contributed by atoms with van der Waals surface area (Å²) in [6.07, 6.45) is 1.98. The van der Waals surface area contributed by atoms with E-state index in [9.17, 15) is 0 Å². The maximum Gasteiger partial charge on any atom is 0.0637 e. The summed E-state index contributed by atoms with van der Waals surface area (Å²) in [6, 6.07) is 6.87. The molecule has 0 spiro atoms. The number of rotatable bonds is 7. The second kappa shape index (κ2) is 7.39. The van der Waals surface area contributed by atoms with Gasteiger partial charge < -0.3 is 15.4 Å². The van der Waals surface area contributed by atoms with Gasteiger partial charge in [0.1, 0.15) is 0 Å². The Hall–Kier alpha value is -1.06. The summed E-state index contributed by atoms with van der Waals surface area (Å²) in [5.41, 5.74) is 9.88. The van der Waals surface area contributed by atoms with Crippen molar-refractivity contribution in [1.29, 1.82) is 0 Å². The van der Waals surface area contributed by atoms with Gasteiger partial charge in [0.2, 0.25) is 0 Å². The van der Waals surface area contributed by atoms with Gasteiger partial charge in [-0.1, -0.05) is 19.1 Å². The molecule has 0 radical (unpaired) electrons. The van der Waals surface area contributed by atoms with Gasteiger partial charge in [-0.15, -0.1) is 0 Å². The third kappa shape index (κ3) is 4.31. The molecule has 0 saturated carbocycles. The molecule has 1 aromatic rings. The second-order valence-corrected chi connectivity index (χ2v) is 4.91. The van der Waals surface area contributed by atoms with Gasteiger partial charge in [0.15, 0.2) is 0 Å². The van der Waals surface area contributed by atoms with Crippen molar-refractivity contribution in [2.75, 3.05) is 32.2 Å². The Balaban J connectivity index is 2.72. The smallest absolute Gasteiger partial charge is 0.0637 e. The topological polar surface area (TPSA) is 38.5 Å². The fourth-order valence-electron chi connectivity index (χ4n) is 2.07. The molecule has 0 aliphatic rings. The summed E-state index contributed by atoms with van der Waals surface area (Å²) in [5, 5.41) is 0. The Morgan fingerprint density at radius 1 is 1.39 bits per heavy atom. The zero-order chi connectivity index (χ0) is 13.5. The van der Waals surface area contributed by atoms with E-state index in [4.69, 9.17) is 10.5 Å². The number of benzene rings is 1. The number of nitrogens with zero attached hydrogens (tertiary/aromatic N) is 1. The Morgan fingerprint density at radius 2 is 2.11 bits per heavy atom. The van der Waals surface area contributed by atoms with Crippen molar-refractivity contribution in [3.8, 4) is 0 Å². The number of aryl methyl sites for hydroxylation is 1. The van der Waals surface area contributed by atoms with Crippen molar-refractivity contribution in [3.05, 3.63) is 29.3 Å². The van der Waals surface area contributed by atoms with Crippen LogP contribution in [0.5, 0.6) is 0 Å². The van der Waals surface area contributed by atoms with Crippen LogP contribution in [0.2, 0.25) is 0 Å². The molecule has 0 heterocycles. The monoisotopic (exact) mass is 250 g/mol. The van der Waals surface area contributed by atoms with E-state index in [1.165, 1.54) is 16.8 Å². The van der Waals surface area contributed by atoms with E-state index >= 15 is 0 Å². The molecule has 1 atom stereocenters. The lowest BCUT2D eigenvalue weighted by molar-refractivity contribution is 0.206. The first-order chi connectivity index (χ1) is 8.58. The molecule has 0 aliphatic heterocycles. The van der Waals surface area contributed by atoms with Crippen LogP contribution in [0, 0.1) is 6.92 Å². The minimum atomic E-state index is 0.265. The summed E-state index contributed by atoms with van der Waals surface area (Å²) >= 11 is 0. The largest absolute Gasteiger partial charge is 0.383 e. The quantitative estimate of drug-likeness (QED) is 0.807. The highest BCUT2D eigenvalue weighted by atomic mass is 16.5. The lowest BCUT2D eigenvalue weighted by Gasteiger charge is -2.22. The van der Waals surface area contributed by atoms with Gasteiger partial charge in [-0.25, -0.2) is 0 Å². The van der Waals surface area contributed by atoms with Crippen molar-refractivity contribution in [2.45, 2.75) is 32.7 Å². The third-order valence-corrected chi connectivity index (χ3v) is 3.33. The molecule has 0 aromatic heterocycles. The van der Waals surface area contributed by atoms with E-state index in [2.05, 4.69) is 44.0 Å². The number of methoxy groups -OCH3 is 1. The Labute approximate surface area is 111 Å². The van der Waals surface area contributed by atoms with Crippen molar-refractivity contribution < 1.29 is 4.74 Å². The number of hydrogen-bond acceptors (Lipinski definition) is 3. The van der Waals surface area contributed by atoms with Crippen molar-refractivity contribution in [2.24, 2.45) is 5.73 Å². The fourth-order valence-corrected chi connectivity index (χ4v) is 2.07. The molecule has 102 valence electrons. The average Bonchev–Trinajstić information content (AvgIpc) is 2.36. The normalized spacial score (nSPS) is 12.5. The first-order valence-corrected chi connectivity index (χ1v) is 6.63. The van der Waals surface area contributed by atoms with Gasteiger partial charge in [0, 0.05) is 32.4 Å². The highest BCUT2D eigenvalue weighted by Crippen LogP contribution is 2.20. The second-order valence-electron chi connectivity index (χ2n) is 4.91. The highest BCUT2D eigenvalue weighted by Gasteiger charge is 2.07. The minimum Gasteiger partial charge on any atom is -0.383 e. The lowest BCUT2D eigenvalue weighted by atomic mass is 10.0. The molecular weight excluding hydrogens is 224 g/mol. The standard InChI is InChI=1S/C15H26N2O/c1-5-14(16)11-13-6-7-15(12(2)10-13)17(3)8-9-18-4/h6-7,10,14H,5,8-9,11,16H2,1-4H3. The molecule has 3 nitrogen and oxygen atoms in total. The summed E-state index contributed by atoms with van der Waals surface area (Å²) < 4.78 is 5.11. The fraction of sp³-hybridized carbons (Fsp3) is 0.600. The summed E-state index contributed by atoms with van der Waals surface area (Å²) in [6.45, 7) is 5.94. The van der Waals surface area contributed by atoms with Crippen molar-refractivity contribution in [3.63, 3.8) is 0 Å². The van der Waals surface area contributed by atoms with Crippen LogP contribution in [-0.2, 0) is 11.2 Å². The van der Waals surface area contributed by atoms with Crippen LogP contribution in [0.15, 0.2) is 18.2 Å². The molecule has 18 heavy (non-hydrogen) atoms. The van der Waals surface area contributed by atoms with Crippen molar-refractivity contribution >= 4 is 5.69 Å². The first kappa shape index (κ1) is 15.0. The summed E-state index contributed by atoms with van der Waals surface area (Å²) in [4.78, 5) is 2.22. The van der Waals surface area contributed by atoms with Crippen LogP contribution in [0.3, 0.4) is 0 Å². The highest BCUT2D eigenvalue weighted by molar-refractivity contribution is 5.54. The Morgan fingerprint density at radius 3 is 2.67 bits per heavy atom. The van der Waals surface area contributed by atoms with Crippen LogP contribution < -0.4 is 10.6 Å². The lowest BCUT2D eigenvalue weighted by Crippen LogP contribution is -2.23. The minimum absolute atomic E-state index is 0.265. The van der Waals surface area contributed by atoms with E-state index in [1.807, 2.05) is 0 Å². The number of anilines is 1. The van der Waals surface area contributed by atoms with Gasteiger partial charge in [0.05, 0.1) is 6.61 Å². The molecular formula is C15H26N2O. The van der Waals surface area contributed by atoms with Gasteiger partial charge >= 0.3 is 0 Å². The van der Waals surface area contributed by atoms with Crippen molar-refractivity contribution in [1.82, 2.24) is 0 Å². The maximum atomic E-state index is 5.99. The van der Waals surface area contributed by atoms with Crippen LogP contribution in [0.4, 0.5) is 5.69 Å². The summed E-state index contributed by atoms with van der Waals surface area (Å²) in [7, 11) is 3.83. The predicted octanol–water partition coefficient (Wildman–Crippen LogP) is 2.36. The van der Waals surface area contributed by atoms with E-state index in [0.29, 0.717) is 0 Å². The number of nitrogens with two attached hydrogens (primary N) is 1. The Bertz CT molecular complexity index is 366. The molecule has 0 aliphatic carbocycles. The molecule has 1 unspecified atom stereocenters. The SMILES string of the molecule is CCC(N)Cc1ccc(N(C)CCOC)c(C)c1. The van der Waals surface area contributed by atoms with E-state index in [-0.39, 0.29) is 6.04 Å². The van der Waals surface area contributed by atoms with E-state index in [1.54, 1.807) is 7.11 Å². The molecule has 0 fully saturated rings. The van der Waals surface area contributed by atoms with Crippen LogP contribution >= 0.6 is 0 Å². The maximum absolute atomic E-state index is 5.99. The van der Waals surface area contributed by atoms with Gasteiger partial charge in [-0.2, -0.15) is 0 Å². The zero-order valence-electron chi connectivity index (χ0n) is 12.1. The third-order valence-electron chi connectivity index (χ3n) is 3.33. The molecule has 3 heteroatoms. The molecule has 2 N–H and O–H groups in total. The van der Waals surface area contributed by atoms with Gasteiger partial charge in [0.25, 0.3) is 0 Å². The molecule has 1 aromatic carbocycles. The van der Waals surface area contributed by atoms with Crippen LogP contribution in [0.25, 0.3) is 0 Å². The van der Waals surface area contributed by atoms with Crippen LogP contribution in [0.1, 0.15) is 24.5 Å². The average molecular weight is 250 g/mol. The van der Waals surface area contributed by atoms with Gasteiger partial charge in [-0.05, 0) is 37.0 Å². The number of likely N-dealkylation sites (N-methyl/N-ethyl adjacent to an activating group) is 1. The summed E-state index contributed by atoms with van der Waals surface area (Å²) in [5.74, 6) is 0. The Kier molecular flexibility index (Phi) is 6.16. The molecule has 0 bridgehead atoms. The predicted molar refractivity (Wildman–Crippen MR) is 78.3 cm³/mol. The molecule has 0 saturated heterocycles. The van der Waals surface area contributed by atoms with Crippen LogP contribution in [-0.4, -0.2) is 33.4 Å². The number of hydrogen-bond donors (Lipinski definition) is 1. The van der Waals surface area contributed by atoms with E-state index in [0.717, 1.165) is 26.0 Å². The molecule has 1 rings (SSSR count).